The molecule has 3 N–H and O–H groups in total. The van der Waals surface area contributed by atoms with Crippen molar-refractivity contribution in [3.63, 3.8) is 0 Å². The number of hydrogen-bond acceptors (Lipinski definition) is 4. The van der Waals surface area contributed by atoms with Gasteiger partial charge in [-0.1, -0.05) is 6.07 Å². The van der Waals surface area contributed by atoms with Gasteiger partial charge in [0.25, 0.3) is 5.91 Å². The third-order valence-electron chi connectivity index (χ3n) is 3.42. The van der Waals surface area contributed by atoms with E-state index in [9.17, 15) is 9.59 Å². The van der Waals surface area contributed by atoms with Crippen LogP contribution in [0.25, 0.3) is 0 Å². The molecule has 1 unspecified atom stereocenters. The summed E-state index contributed by atoms with van der Waals surface area (Å²) in [5, 5.41) is 8.71. The van der Waals surface area contributed by atoms with E-state index < -0.39 is 0 Å². The lowest BCUT2D eigenvalue weighted by Crippen LogP contribution is -2.43. The van der Waals surface area contributed by atoms with Crippen LogP contribution in [0.2, 0.25) is 0 Å². The Morgan fingerprint density at radius 3 is 2.77 bits per heavy atom. The number of benzene rings is 1. The Kier molecular flexibility index (Phi) is 7.70. The van der Waals surface area contributed by atoms with Crippen LogP contribution < -0.4 is 20.7 Å². The van der Waals surface area contributed by atoms with E-state index in [4.69, 9.17) is 4.74 Å². The summed E-state index contributed by atoms with van der Waals surface area (Å²) in [6, 6.07) is 6.86. The lowest BCUT2D eigenvalue weighted by atomic mass is 10.2. The lowest BCUT2D eigenvalue weighted by molar-refractivity contribution is -0.122. The van der Waals surface area contributed by atoms with Crippen molar-refractivity contribution >= 4 is 24.2 Å². The van der Waals surface area contributed by atoms with Gasteiger partial charge in [0, 0.05) is 18.7 Å². The number of nitrogens with one attached hydrogen (secondary N) is 3. The number of carbonyl (C=O) groups excluding carboxylic acids is 2. The van der Waals surface area contributed by atoms with Gasteiger partial charge in [-0.15, -0.1) is 12.4 Å². The largest absolute Gasteiger partial charge is 0.497 e. The Labute approximate surface area is 136 Å². The number of methoxy groups -OCH3 is 1. The Morgan fingerprint density at radius 1 is 1.32 bits per heavy atom. The summed E-state index contributed by atoms with van der Waals surface area (Å²) in [6.07, 6.45) is 1.91. The number of ether oxygens (including phenoxy) is 1. The number of amides is 2. The molecule has 1 fully saturated rings. The zero-order valence-corrected chi connectivity index (χ0v) is 13.4. The van der Waals surface area contributed by atoms with Crippen LogP contribution in [-0.4, -0.2) is 44.6 Å². The highest BCUT2D eigenvalue weighted by molar-refractivity contribution is 5.94. The van der Waals surface area contributed by atoms with Gasteiger partial charge in [-0.2, -0.15) is 0 Å². The molecule has 7 heteroatoms. The Bertz CT molecular complexity index is 505. The van der Waals surface area contributed by atoms with Crippen LogP contribution in [0.4, 0.5) is 0 Å². The molecule has 1 aromatic carbocycles. The Morgan fingerprint density at radius 2 is 2.09 bits per heavy atom. The fourth-order valence-electron chi connectivity index (χ4n) is 2.26. The van der Waals surface area contributed by atoms with Crippen molar-refractivity contribution in [1.82, 2.24) is 16.0 Å². The first kappa shape index (κ1) is 18.3. The average Bonchev–Trinajstić information content (AvgIpc) is 3.05. The maximum atomic E-state index is 11.9. The molecule has 0 aromatic heterocycles. The monoisotopic (exact) mass is 327 g/mol. The maximum absolute atomic E-state index is 11.9. The summed E-state index contributed by atoms with van der Waals surface area (Å²) >= 11 is 0. The highest BCUT2D eigenvalue weighted by Crippen LogP contribution is 2.12. The first-order chi connectivity index (χ1) is 10.2. The molecule has 1 saturated heterocycles. The average molecular weight is 328 g/mol. The van der Waals surface area contributed by atoms with E-state index in [2.05, 4.69) is 16.0 Å². The highest BCUT2D eigenvalue weighted by atomic mass is 35.5. The predicted octanol–water partition coefficient (Wildman–Crippen LogP) is 0.715. The predicted molar refractivity (Wildman–Crippen MR) is 86.6 cm³/mol. The van der Waals surface area contributed by atoms with Crippen LogP contribution in [0, 0.1) is 0 Å². The molecule has 0 bridgehead atoms. The van der Waals surface area contributed by atoms with E-state index in [1.165, 1.54) is 0 Å². The SMILES string of the molecule is COc1cccc(C(=O)NCCNC(=O)C2CCCN2)c1.Cl. The van der Waals surface area contributed by atoms with Crippen molar-refractivity contribution in [2.45, 2.75) is 18.9 Å². The minimum absolute atomic E-state index is 0. The number of halogens is 1. The van der Waals surface area contributed by atoms with Crippen molar-refractivity contribution in [2.24, 2.45) is 0 Å². The Hall–Kier alpha value is -1.79. The van der Waals surface area contributed by atoms with Crippen LogP contribution in [0.1, 0.15) is 23.2 Å². The number of hydrogen-bond donors (Lipinski definition) is 3. The minimum Gasteiger partial charge on any atom is -0.497 e. The molecule has 1 heterocycles. The molecule has 22 heavy (non-hydrogen) atoms. The molecule has 0 aliphatic carbocycles. The zero-order valence-electron chi connectivity index (χ0n) is 12.6. The van der Waals surface area contributed by atoms with E-state index in [0.29, 0.717) is 24.4 Å². The first-order valence-corrected chi connectivity index (χ1v) is 7.14. The normalized spacial score (nSPS) is 16.5. The second-order valence-corrected chi connectivity index (χ2v) is 4.93. The topological polar surface area (TPSA) is 79.5 Å². The van der Waals surface area contributed by atoms with E-state index in [1.807, 2.05) is 0 Å². The highest BCUT2D eigenvalue weighted by Gasteiger charge is 2.21. The molecule has 0 spiro atoms. The summed E-state index contributed by atoms with van der Waals surface area (Å²) in [6.45, 7) is 1.71. The van der Waals surface area contributed by atoms with Gasteiger partial charge < -0.3 is 20.7 Å². The fraction of sp³-hybridized carbons (Fsp3) is 0.467. The fourth-order valence-corrected chi connectivity index (χ4v) is 2.26. The van der Waals surface area contributed by atoms with Crippen LogP contribution in [0.15, 0.2) is 24.3 Å². The van der Waals surface area contributed by atoms with Crippen LogP contribution in [-0.2, 0) is 4.79 Å². The standard InChI is InChI=1S/C15H21N3O3.ClH/c1-21-12-5-2-4-11(10-12)14(19)17-8-9-18-15(20)13-6-3-7-16-13;/h2,4-5,10,13,16H,3,6-9H2,1H3,(H,17,19)(H,18,20);1H. The van der Waals surface area contributed by atoms with E-state index in [0.717, 1.165) is 19.4 Å². The molecule has 1 aliphatic heterocycles. The molecule has 1 aromatic rings. The molecule has 2 rings (SSSR count). The zero-order chi connectivity index (χ0) is 15.1. The van der Waals surface area contributed by atoms with Gasteiger partial charge in [0.2, 0.25) is 5.91 Å². The van der Waals surface area contributed by atoms with Crippen molar-refractivity contribution < 1.29 is 14.3 Å². The summed E-state index contributed by atoms with van der Waals surface area (Å²) in [7, 11) is 1.56. The van der Waals surface area contributed by atoms with Gasteiger partial charge in [0.05, 0.1) is 13.2 Å². The summed E-state index contributed by atoms with van der Waals surface area (Å²) in [4.78, 5) is 23.7. The van der Waals surface area contributed by atoms with E-state index in [-0.39, 0.29) is 30.3 Å². The second-order valence-electron chi connectivity index (χ2n) is 4.93. The summed E-state index contributed by atoms with van der Waals surface area (Å²) in [5.41, 5.74) is 0.540. The van der Waals surface area contributed by atoms with E-state index >= 15 is 0 Å². The minimum atomic E-state index is -0.179. The molecule has 1 atom stereocenters. The van der Waals surface area contributed by atoms with Gasteiger partial charge in [-0.25, -0.2) is 0 Å². The van der Waals surface area contributed by atoms with Crippen molar-refractivity contribution in [3.8, 4) is 5.75 Å². The molecule has 0 radical (unpaired) electrons. The number of rotatable bonds is 6. The van der Waals surface area contributed by atoms with Crippen molar-refractivity contribution in [1.29, 1.82) is 0 Å². The van der Waals surface area contributed by atoms with Crippen LogP contribution >= 0.6 is 12.4 Å². The van der Waals surface area contributed by atoms with Gasteiger partial charge in [0.1, 0.15) is 5.75 Å². The van der Waals surface area contributed by atoms with Gasteiger partial charge >= 0.3 is 0 Å². The lowest BCUT2D eigenvalue weighted by Gasteiger charge is -2.11. The first-order valence-electron chi connectivity index (χ1n) is 7.14. The molecular weight excluding hydrogens is 306 g/mol. The quantitative estimate of drug-likeness (QED) is 0.673. The molecule has 6 nitrogen and oxygen atoms in total. The summed E-state index contributed by atoms with van der Waals surface area (Å²) in [5.74, 6) is 0.466. The van der Waals surface area contributed by atoms with E-state index in [1.54, 1.807) is 31.4 Å². The Balaban J connectivity index is 0.00000242. The third kappa shape index (κ3) is 5.20. The van der Waals surface area contributed by atoms with Crippen molar-refractivity contribution in [3.05, 3.63) is 29.8 Å². The maximum Gasteiger partial charge on any atom is 0.251 e. The van der Waals surface area contributed by atoms with Crippen molar-refractivity contribution in [2.75, 3.05) is 26.7 Å². The molecule has 1 aliphatic rings. The van der Waals surface area contributed by atoms with Gasteiger partial charge in [0.15, 0.2) is 0 Å². The van der Waals surface area contributed by atoms with Crippen LogP contribution in [0.3, 0.4) is 0 Å². The van der Waals surface area contributed by atoms with Crippen LogP contribution in [0.5, 0.6) is 5.75 Å². The molecular formula is C15H22ClN3O3. The number of carbonyl (C=O) groups is 2. The third-order valence-corrected chi connectivity index (χ3v) is 3.42. The van der Waals surface area contributed by atoms with Gasteiger partial charge in [-0.05, 0) is 37.6 Å². The smallest absolute Gasteiger partial charge is 0.251 e. The molecule has 0 saturated carbocycles. The molecule has 2 amide bonds. The molecule has 122 valence electrons. The second kappa shape index (κ2) is 9.27. The van der Waals surface area contributed by atoms with Gasteiger partial charge in [-0.3, -0.25) is 9.59 Å². The summed E-state index contributed by atoms with van der Waals surface area (Å²) < 4.78 is 5.08.